The minimum absolute atomic E-state index is 0.0248. The summed E-state index contributed by atoms with van der Waals surface area (Å²) < 4.78 is 29.6. The smallest absolute Gasteiger partial charge is 0.238 e. The molecule has 0 saturated carbocycles. The van der Waals surface area contributed by atoms with Gasteiger partial charge in [-0.15, -0.1) is 0 Å². The van der Waals surface area contributed by atoms with Gasteiger partial charge in [-0.1, -0.05) is 0 Å². The van der Waals surface area contributed by atoms with Crippen LogP contribution in [0.5, 0.6) is 5.75 Å². The number of hydrogen-bond donors (Lipinski definition) is 2. The molecule has 25 heavy (non-hydrogen) atoms. The number of nitrogens with two attached hydrogens (primary N) is 1. The lowest BCUT2D eigenvalue weighted by Crippen LogP contribution is -2.12. The number of nitrogens with zero attached hydrogens (tertiary/aromatic N) is 2. The maximum absolute atomic E-state index is 11.4. The van der Waals surface area contributed by atoms with Crippen molar-refractivity contribution in [2.24, 2.45) is 5.14 Å². The average molecular weight is 358 g/mol. The molecule has 0 saturated heterocycles. The lowest BCUT2D eigenvalue weighted by molar-refractivity contribution is 0.276. The minimum Gasteiger partial charge on any atom is -0.497 e. The summed E-state index contributed by atoms with van der Waals surface area (Å²) in [4.78, 5) is 0.0248. The van der Waals surface area contributed by atoms with Gasteiger partial charge in [-0.2, -0.15) is 5.10 Å². The van der Waals surface area contributed by atoms with Gasteiger partial charge in [0.25, 0.3) is 0 Å². The Hall–Kier alpha value is -2.68. The Morgan fingerprint density at radius 1 is 1.12 bits per heavy atom. The summed E-state index contributed by atoms with van der Waals surface area (Å²) in [6.07, 6.45) is 0. The fraction of sp³-hybridized carbons (Fsp3) is 0.118. The minimum atomic E-state index is -3.75. The summed E-state index contributed by atoms with van der Waals surface area (Å²) >= 11 is 0. The lowest BCUT2D eigenvalue weighted by atomic mass is 10.1. The van der Waals surface area contributed by atoms with Gasteiger partial charge in [-0.05, 0) is 54.6 Å². The van der Waals surface area contributed by atoms with Crippen LogP contribution in [-0.4, -0.2) is 30.4 Å². The number of aliphatic hydroxyl groups is 1. The molecule has 1 heterocycles. The second kappa shape index (κ2) is 6.67. The number of benzene rings is 2. The number of aromatic nitrogens is 2. The normalized spacial score (nSPS) is 11.5. The molecule has 2 aromatic carbocycles. The number of sulfonamides is 1. The van der Waals surface area contributed by atoms with Gasteiger partial charge in [-0.3, -0.25) is 0 Å². The van der Waals surface area contributed by atoms with E-state index in [2.05, 4.69) is 5.10 Å². The molecule has 130 valence electrons. The molecule has 0 radical (unpaired) electrons. The maximum atomic E-state index is 11.4. The predicted molar refractivity (Wildman–Crippen MR) is 92.8 cm³/mol. The SMILES string of the molecule is [11CH3]Oc1ccc(-c2cc(CO)nn2-c2ccc(S(N)(=O)=O)cc2)cc1. The number of ether oxygens (including phenoxy) is 1. The van der Waals surface area contributed by atoms with E-state index in [9.17, 15) is 13.5 Å². The van der Waals surface area contributed by atoms with Crippen LogP contribution in [-0.2, 0) is 16.6 Å². The average Bonchev–Trinajstić information content (AvgIpc) is 3.05. The lowest BCUT2D eigenvalue weighted by Gasteiger charge is -2.09. The summed E-state index contributed by atoms with van der Waals surface area (Å²) in [6, 6.07) is 15.3. The summed E-state index contributed by atoms with van der Waals surface area (Å²) in [5, 5.41) is 18.9. The Labute approximate surface area is 145 Å². The summed E-state index contributed by atoms with van der Waals surface area (Å²) in [6.45, 7) is -0.203. The first-order chi connectivity index (χ1) is 11.9. The maximum Gasteiger partial charge on any atom is 0.238 e. The number of aliphatic hydroxyl groups excluding tert-OH is 1. The Balaban J connectivity index is 2.08. The van der Waals surface area contributed by atoms with Crippen LogP contribution in [0.3, 0.4) is 0 Å². The number of primary sulfonamides is 1. The van der Waals surface area contributed by atoms with Crippen molar-refractivity contribution < 1.29 is 18.3 Å². The molecule has 3 N–H and O–H groups in total. The van der Waals surface area contributed by atoms with E-state index >= 15 is 0 Å². The number of rotatable bonds is 5. The number of methoxy groups -OCH3 is 1. The Morgan fingerprint density at radius 3 is 2.28 bits per heavy atom. The van der Waals surface area contributed by atoms with Crippen LogP contribution in [0.15, 0.2) is 59.5 Å². The van der Waals surface area contributed by atoms with Crippen molar-refractivity contribution in [2.75, 3.05) is 7.11 Å². The van der Waals surface area contributed by atoms with Crippen LogP contribution in [0.4, 0.5) is 0 Å². The first-order valence-electron chi connectivity index (χ1n) is 7.40. The summed E-state index contributed by atoms with van der Waals surface area (Å²) in [7, 11) is -2.16. The van der Waals surface area contributed by atoms with Gasteiger partial charge < -0.3 is 9.84 Å². The third-order valence-electron chi connectivity index (χ3n) is 3.72. The van der Waals surface area contributed by atoms with Crippen LogP contribution < -0.4 is 9.88 Å². The molecule has 0 aliphatic carbocycles. The van der Waals surface area contributed by atoms with Crippen molar-refractivity contribution >= 4 is 10.0 Å². The van der Waals surface area contributed by atoms with Crippen LogP contribution >= 0.6 is 0 Å². The van der Waals surface area contributed by atoms with E-state index in [0.29, 0.717) is 11.4 Å². The molecule has 0 aliphatic rings. The highest BCUT2D eigenvalue weighted by atomic mass is 32.2. The Kier molecular flexibility index (Phi) is 4.58. The highest BCUT2D eigenvalue weighted by molar-refractivity contribution is 7.89. The van der Waals surface area contributed by atoms with Crippen LogP contribution in [0.2, 0.25) is 0 Å². The third-order valence-corrected chi connectivity index (χ3v) is 4.65. The largest absolute Gasteiger partial charge is 0.497 e. The molecule has 0 unspecified atom stereocenters. The van der Waals surface area contributed by atoms with Crippen molar-refractivity contribution in [1.82, 2.24) is 9.78 Å². The molecule has 3 aromatic rings. The van der Waals surface area contributed by atoms with Gasteiger partial charge in [0, 0.05) is 5.56 Å². The van der Waals surface area contributed by atoms with E-state index in [1.807, 2.05) is 24.3 Å². The van der Waals surface area contributed by atoms with Crippen molar-refractivity contribution in [3.63, 3.8) is 0 Å². The van der Waals surface area contributed by atoms with Crippen molar-refractivity contribution in [3.05, 3.63) is 60.3 Å². The summed E-state index contributed by atoms with van der Waals surface area (Å²) in [5.41, 5.74) is 2.79. The standard InChI is InChI=1S/C17H17N3O4S/c1-24-15-6-2-12(3-7-15)17-10-13(11-21)19-20(17)14-4-8-16(9-5-14)25(18,22)23/h2-10,21H,11H2,1H3,(H2,18,22,23)/i1-1. The summed E-state index contributed by atoms with van der Waals surface area (Å²) in [5.74, 6) is 0.731. The Morgan fingerprint density at radius 2 is 1.76 bits per heavy atom. The monoisotopic (exact) mass is 358 g/mol. The second-order valence-corrected chi connectivity index (χ2v) is 6.92. The molecule has 7 nitrogen and oxygen atoms in total. The Bertz CT molecular complexity index is 978. The van der Waals surface area contributed by atoms with Crippen molar-refractivity contribution in [1.29, 1.82) is 0 Å². The zero-order chi connectivity index (χ0) is 18.0. The third kappa shape index (κ3) is 3.55. The van der Waals surface area contributed by atoms with E-state index < -0.39 is 10.0 Å². The van der Waals surface area contributed by atoms with Gasteiger partial charge in [0.15, 0.2) is 0 Å². The topological polar surface area (TPSA) is 107 Å². The second-order valence-electron chi connectivity index (χ2n) is 5.36. The van der Waals surface area contributed by atoms with Crippen LogP contribution in [0.25, 0.3) is 16.9 Å². The van der Waals surface area contributed by atoms with E-state index in [-0.39, 0.29) is 11.5 Å². The molecular formula is C17H17N3O4S. The number of hydrogen-bond acceptors (Lipinski definition) is 5. The van der Waals surface area contributed by atoms with E-state index in [0.717, 1.165) is 17.0 Å². The van der Waals surface area contributed by atoms with Crippen molar-refractivity contribution in [3.8, 4) is 22.7 Å². The molecule has 0 bridgehead atoms. The van der Waals surface area contributed by atoms with Crippen LogP contribution in [0, 0.1) is 0 Å². The van der Waals surface area contributed by atoms with Gasteiger partial charge >= 0.3 is 0 Å². The van der Waals surface area contributed by atoms with E-state index in [1.165, 1.54) is 12.1 Å². The molecule has 0 aliphatic heterocycles. The van der Waals surface area contributed by atoms with Gasteiger partial charge in [0.2, 0.25) is 10.0 Å². The fourth-order valence-electron chi connectivity index (χ4n) is 2.45. The first kappa shape index (κ1) is 17.2. The molecule has 0 spiro atoms. The molecule has 0 atom stereocenters. The highest BCUT2D eigenvalue weighted by Crippen LogP contribution is 2.26. The van der Waals surface area contributed by atoms with E-state index in [4.69, 9.17) is 9.88 Å². The molecule has 0 amide bonds. The quantitative estimate of drug-likeness (QED) is 0.722. The molecule has 8 heteroatoms. The zero-order valence-electron chi connectivity index (χ0n) is 13.5. The van der Waals surface area contributed by atoms with Gasteiger partial charge in [0.05, 0.1) is 35.7 Å². The predicted octanol–water partition coefficient (Wildman–Crippen LogP) is 1.69. The molecule has 0 fully saturated rings. The van der Waals surface area contributed by atoms with E-state index in [1.54, 1.807) is 30.0 Å². The fourth-order valence-corrected chi connectivity index (χ4v) is 2.96. The first-order valence-corrected chi connectivity index (χ1v) is 8.94. The van der Waals surface area contributed by atoms with Crippen LogP contribution in [0.1, 0.15) is 5.69 Å². The molecule has 3 rings (SSSR count). The molecule has 1 aromatic heterocycles. The zero-order valence-corrected chi connectivity index (χ0v) is 14.3. The molecular weight excluding hydrogens is 341 g/mol. The van der Waals surface area contributed by atoms with Gasteiger partial charge in [-0.25, -0.2) is 18.2 Å². The van der Waals surface area contributed by atoms with Crippen molar-refractivity contribution in [2.45, 2.75) is 11.5 Å². The van der Waals surface area contributed by atoms with Gasteiger partial charge in [0.1, 0.15) is 5.75 Å². The highest BCUT2D eigenvalue weighted by Gasteiger charge is 2.13.